The molecule has 1 aromatic carbocycles. The van der Waals surface area contributed by atoms with E-state index in [4.69, 9.17) is 16.7 Å². The molecule has 1 fully saturated rings. The maximum atomic E-state index is 12.1. The second kappa shape index (κ2) is 8.57. The summed E-state index contributed by atoms with van der Waals surface area (Å²) in [6.45, 7) is 1.48. The number of nitrogens with zero attached hydrogens (tertiary/aromatic N) is 2. The average Bonchev–Trinajstić information content (AvgIpc) is 3.11. The number of benzene rings is 1. The molecule has 1 aromatic heterocycles. The number of carbonyl (C=O) groups is 2. The number of rotatable bonds is 3. The van der Waals surface area contributed by atoms with E-state index in [0.29, 0.717) is 28.2 Å². The summed E-state index contributed by atoms with van der Waals surface area (Å²) < 4.78 is 0. The van der Waals surface area contributed by atoms with Crippen LogP contribution in [0.4, 0.5) is 10.5 Å². The first-order valence-corrected chi connectivity index (χ1v) is 9.56. The molecular weight excluding hydrogens is 374 g/mol. The highest BCUT2D eigenvalue weighted by atomic mass is 32.1. The number of anilines is 1. The largest absolute Gasteiger partial charge is 0.365 e. The van der Waals surface area contributed by atoms with Crippen LogP contribution in [-0.4, -0.2) is 31.1 Å². The van der Waals surface area contributed by atoms with Crippen LogP contribution in [0.5, 0.6) is 0 Å². The van der Waals surface area contributed by atoms with E-state index >= 15 is 0 Å². The molecule has 1 saturated heterocycles. The van der Waals surface area contributed by atoms with Crippen molar-refractivity contribution < 1.29 is 9.59 Å². The van der Waals surface area contributed by atoms with Crippen LogP contribution < -0.4 is 21.7 Å². The first-order valence-electron chi connectivity index (χ1n) is 8.75. The van der Waals surface area contributed by atoms with Crippen LogP contribution in [0, 0.1) is 23.2 Å². The standard InChI is InChI=1S/C20H19N5O2S/c21-11-14-4-1-3-13(9-14)6-7-16-10-17(18(28-16)19(22)26)25(20(23)27)15-5-2-8-24-12-15/h1,3-4,9-10,15,24H,2,5,8,12H2,(H2,22,26)(H2,23,27)/t15-/m0/s1. The van der Waals surface area contributed by atoms with E-state index in [1.54, 1.807) is 30.3 Å². The SMILES string of the molecule is N#Cc1cccc(C#Cc2cc(N(C(N)=O)[C@H]3CCCNC3)c(C(N)=O)s2)c1. The molecular formula is C20H19N5O2S. The van der Waals surface area contributed by atoms with Gasteiger partial charge in [0.2, 0.25) is 0 Å². The smallest absolute Gasteiger partial charge is 0.319 e. The monoisotopic (exact) mass is 393 g/mol. The first kappa shape index (κ1) is 19.4. The summed E-state index contributed by atoms with van der Waals surface area (Å²) >= 11 is 1.12. The Balaban J connectivity index is 1.97. The van der Waals surface area contributed by atoms with E-state index in [-0.39, 0.29) is 10.9 Å². The zero-order valence-corrected chi connectivity index (χ0v) is 15.9. The van der Waals surface area contributed by atoms with Gasteiger partial charge in [0.05, 0.1) is 28.2 Å². The normalized spacial score (nSPS) is 15.8. The lowest BCUT2D eigenvalue weighted by Gasteiger charge is -2.33. The van der Waals surface area contributed by atoms with Gasteiger partial charge in [-0.15, -0.1) is 11.3 Å². The molecule has 3 amide bonds. The molecule has 5 N–H and O–H groups in total. The fourth-order valence-electron chi connectivity index (χ4n) is 3.15. The number of hydrogen-bond acceptors (Lipinski definition) is 5. The van der Waals surface area contributed by atoms with Crippen LogP contribution in [0.3, 0.4) is 0 Å². The van der Waals surface area contributed by atoms with Crippen molar-refractivity contribution in [2.75, 3.05) is 18.0 Å². The molecule has 2 aromatic rings. The molecule has 8 heteroatoms. The highest BCUT2D eigenvalue weighted by molar-refractivity contribution is 7.15. The molecule has 0 radical (unpaired) electrons. The number of amides is 3. The molecule has 142 valence electrons. The van der Waals surface area contributed by atoms with Gasteiger partial charge in [-0.1, -0.05) is 17.9 Å². The Morgan fingerprint density at radius 1 is 1.21 bits per heavy atom. The Morgan fingerprint density at radius 2 is 2.00 bits per heavy atom. The summed E-state index contributed by atoms with van der Waals surface area (Å²) in [6.07, 6.45) is 1.69. The maximum absolute atomic E-state index is 12.1. The van der Waals surface area contributed by atoms with Gasteiger partial charge >= 0.3 is 6.03 Å². The van der Waals surface area contributed by atoms with Crippen LogP contribution >= 0.6 is 11.3 Å². The lowest BCUT2D eigenvalue weighted by molar-refractivity contribution is 0.100. The maximum Gasteiger partial charge on any atom is 0.319 e. The summed E-state index contributed by atoms with van der Waals surface area (Å²) in [5.74, 6) is 5.32. The summed E-state index contributed by atoms with van der Waals surface area (Å²) in [5.41, 5.74) is 12.7. The first-order chi connectivity index (χ1) is 13.5. The topological polar surface area (TPSA) is 125 Å². The third-order valence-corrected chi connectivity index (χ3v) is 5.45. The second-order valence-corrected chi connectivity index (χ2v) is 7.39. The molecule has 1 atom stereocenters. The quantitative estimate of drug-likeness (QED) is 0.687. The minimum atomic E-state index is -0.630. The average molecular weight is 393 g/mol. The van der Waals surface area contributed by atoms with E-state index in [1.807, 2.05) is 0 Å². The Labute approximate surface area is 166 Å². The molecule has 1 aliphatic heterocycles. The van der Waals surface area contributed by atoms with Gasteiger partial charge in [0.15, 0.2) is 0 Å². The fourth-order valence-corrected chi connectivity index (χ4v) is 4.00. The van der Waals surface area contributed by atoms with Crippen molar-refractivity contribution in [3.8, 4) is 17.9 Å². The van der Waals surface area contributed by atoms with E-state index < -0.39 is 11.9 Å². The lowest BCUT2D eigenvalue weighted by atomic mass is 10.1. The van der Waals surface area contributed by atoms with Crippen LogP contribution in [0.25, 0.3) is 0 Å². The van der Waals surface area contributed by atoms with Gasteiger partial charge < -0.3 is 16.8 Å². The Hall–Kier alpha value is -3.33. The zero-order chi connectivity index (χ0) is 20.1. The summed E-state index contributed by atoms with van der Waals surface area (Å²) in [4.78, 5) is 26.4. The van der Waals surface area contributed by atoms with Crippen molar-refractivity contribution >= 4 is 29.0 Å². The van der Waals surface area contributed by atoms with Crippen LogP contribution in [0.2, 0.25) is 0 Å². The third kappa shape index (κ3) is 4.32. The summed E-state index contributed by atoms with van der Waals surface area (Å²) in [6, 6.07) is 9.89. The predicted molar refractivity (Wildman–Crippen MR) is 108 cm³/mol. The molecule has 0 spiro atoms. The van der Waals surface area contributed by atoms with Crippen molar-refractivity contribution in [2.45, 2.75) is 18.9 Å². The van der Waals surface area contributed by atoms with Gasteiger partial charge in [0.1, 0.15) is 4.88 Å². The summed E-state index contributed by atoms with van der Waals surface area (Å²) in [7, 11) is 0. The molecule has 0 aliphatic carbocycles. The molecule has 1 aliphatic rings. The number of hydrogen-bond donors (Lipinski definition) is 3. The van der Waals surface area contributed by atoms with E-state index in [0.717, 1.165) is 30.7 Å². The number of nitrogens with one attached hydrogen (secondary N) is 1. The van der Waals surface area contributed by atoms with Crippen LogP contribution in [0.15, 0.2) is 30.3 Å². The minimum Gasteiger partial charge on any atom is -0.365 e. The van der Waals surface area contributed by atoms with Crippen molar-refractivity contribution in [3.05, 3.63) is 51.2 Å². The molecule has 3 rings (SSSR count). The molecule has 0 bridgehead atoms. The summed E-state index contributed by atoms with van der Waals surface area (Å²) in [5, 5.41) is 12.2. The van der Waals surface area contributed by atoms with Crippen LogP contribution in [0.1, 0.15) is 38.5 Å². The van der Waals surface area contributed by atoms with E-state index in [2.05, 4.69) is 23.2 Å². The van der Waals surface area contributed by atoms with Gasteiger partial charge in [-0.25, -0.2) is 4.79 Å². The van der Waals surface area contributed by atoms with Gasteiger partial charge in [-0.05, 0) is 43.7 Å². The second-order valence-electron chi connectivity index (χ2n) is 6.34. The third-order valence-electron chi connectivity index (χ3n) is 4.39. The van der Waals surface area contributed by atoms with Gasteiger partial charge in [-0.2, -0.15) is 5.26 Å². The fraction of sp³-hybridized carbons (Fsp3) is 0.250. The Bertz CT molecular complexity index is 1010. The van der Waals surface area contributed by atoms with E-state index in [9.17, 15) is 9.59 Å². The van der Waals surface area contributed by atoms with Crippen molar-refractivity contribution in [1.29, 1.82) is 5.26 Å². The Kier molecular flexibility index (Phi) is 5.95. The van der Waals surface area contributed by atoms with Crippen LogP contribution in [-0.2, 0) is 0 Å². The Morgan fingerprint density at radius 3 is 2.64 bits per heavy atom. The molecule has 0 unspecified atom stereocenters. The predicted octanol–water partition coefficient (Wildman–Crippen LogP) is 1.76. The van der Waals surface area contributed by atoms with Gasteiger partial charge in [0, 0.05) is 12.1 Å². The van der Waals surface area contributed by atoms with Crippen molar-refractivity contribution in [3.63, 3.8) is 0 Å². The molecule has 2 heterocycles. The highest BCUT2D eigenvalue weighted by Crippen LogP contribution is 2.32. The molecule has 7 nitrogen and oxygen atoms in total. The molecule has 28 heavy (non-hydrogen) atoms. The number of carbonyl (C=O) groups excluding carboxylic acids is 2. The number of nitrogens with two attached hydrogens (primary N) is 2. The van der Waals surface area contributed by atoms with Gasteiger partial charge in [0.25, 0.3) is 5.91 Å². The lowest BCUT2D eigenvalue weighted by Crippen LogP contribution is -2.51. The minimum absolute atomic E-state index is 0.146. The number of thiophene rings is 1. The number of nitriles is 1. The van der Waals surface area contributed by atoms with Gasteiger partial charge in [-0.3, -0.25) is 9.69 Å². The van der Waals surface area contributed by atoms with E-state index in [1.165, 1.54) is 4.90 Å². The number of urea groups is 1. The number of primary amides is 2. The van der Waals surface area contributed by atoms with Crippen molar-refractivity contribution in [1.82, 2.24) is 5.32 Å². The van der Waals surface area contributed by atoms with Crippen molar-refractivity contribution in [2.24, 2.45) is 11.5 Å². The number of piperidine rings is 1. The highest BCUT2D eigenvalue weighted by Gasteiger charge is 2.29. The zero-order valence-electron chi connectivity index (χ0n) is 15.1. The molecule has 0 saturated carbocycles.